The fourth-order valence-corrected chi connectivity index (χ4v) is 2.48. The molecule has 1 fully saturated rings. The third-order valence-electron chi connectivity index (χ3n) is 3.56. The first-order valence-electron chi connectivity index (χ1n) is 6.22. The van der Waals surface area contributed by atoms with Crippen molar-refractivity contribution in [2.75, 3.05) is 6.54 Å². The number of aromatic nitrogens is 4. The molecular weight excluding hydrogens is 202 g/mol. The Morgan fingerprint density at radius 1 is 1.38 bits per heavy atom. The summed E-state index contributed by atoms with van der Waals surface area (Å²) < 4.78 is 0. The Kier molecular flexibility index (Phi) is 3.53. The SMILES string of the molecule is CCC1(Cc2nnn(C)n2)CCCCCN1. The van der Waals surface area contributed by atoms with Crippen molar-refractivity contribution in [3.05, 3.63) is 5.82 Å². The third kappa shape index (κ3) is 2.58. The standard InChI is InChI=1S/C11H21N5/c1-3-11(7-5-4-6-8-12-11)9-10-13-15-16(2)14-10/h12H,3-9H2,1-2H3. The van der Waals surface area contributed by atoms with Crippen LogP contribution >= 0.6 is 0 Å². The molecule has 1 aliphatic heterocycles. The first-order valence-corrected chi connectivity index (χ1v) is 6.22. The van der Waals surface area contributed by atoms with Gasteiger partial charge in [-0.15, -0.1) is 10.2 Å². The molecule has 0 spiro atoms. The highest BCUT2D eigenvalue weighted by Crippen LogP contribution is 2.25. The molecule has 0 saturated carbocycles. The maximum Gasteiger partial charge on any atom is 0.176 e. The highest BCUT2D eigenvalue weighted by atomic mass is 15.6. The highest BCUT2D eigenvalue weighted by molar-refractivity contribution is 4.97. The van der Waals surface area contributed by atoms with Gasteiger partial charge in [0.15, 0.2) is 5.82 Å². The fourth-order valence-electron chi connectivity index (χ4n) is 2.48. The summed E-state index contributed by atoms with van der Waals surface area (Å²) >= 11 is 0. The van der Waals surface area contributed by atoms with Gasteiger partial charge in [0, 0.05) is 12.0 Å². The van der Waals surface area contributed by atoms with Crippen LogP contribution in [0, 0.1) is 0 Å². The Labute approximate surface area is 96.6 Å². The summed E-state index contributed by atoms with van der Waals surface area (Å²) in [5, 5.41) is 16.0. The predicted octanol–water partition coefficient (Wildman–Crippen LogP) is 1.06. The molecule has 2 heterocycles. The lowest BCUT2D eigenvalue weighted by atomic mass is 9.87. The molecule has 16 heavy (non-hydrogen) atoms. The smallest absolute Gasteiger partial charge is 0.176 e. The van der Waals surface area contributed by atoms with E-state index in [0.717, 1.165) is 25.2 Å². The first kappa shape index (κ1) is 11.5. The molecule has 1 aromatic heterocycles. The van der Waals surface area contributed by atoms with E-state index < -0.39 is 0 Å². The van der Waals surface area contributed by atoms with Crippen LogP contribution in [-0.2, 0) is 13.5 Å². The topological polar surface area (TPSA) is 55.6 Å². The number of nitrogens with one attached hydrogen (secondary N) is 1. The third-order valence-corrected chi connectivity index (χ3v) is 3.56. The van der Waals surface area contributed by atoms with Crippen molar-refractivity contribution >= 4 is 0 Å². The summed E-state index contributed by atoms with van der Waals surface area (Å²) in [7, 11) is 1.82. The summed E-state index contributed by atoms with van der Waals surface area (Å²) in [6.45, 7) is 3.36. The van der Waals surface area contributed by atoms with Crippen molar-refractivity contribution in [3.8, 4) is 0 Å². The van der Waals surface area contributed by atoms with Crippen molar-refractivity contribution in [1.29, 1.82) is 0 Å². The molecule has 0 amide bonds. The second kappa shape index (κ2) is 4.91. The van der Waals surface area contributed by atoms with Crippen molar-refractivity contribution in [1.82, 2.24) is 25.5 Å². The molecule has 0 radical (unpaired) electrons. The second-order valence-corrected chi connectivity index (χ2v) is 4.74. The van der Waals surface area contributed by atoms with Gasteiger partial charge in [0.2, 0.25) is 0 Å². The summed E-state index contributed by atoms with van der Waals surface area (Å²) in [6, 6.07) is 0. The van der Waals surface area contributed by atoms with Gasteiger partial charge in [-0.1, -0.05) is 19.8 Å². The first-order chi connectivity index (χ1) is 7.74. The fraction of sp³-hybridized carbons (Fsp3) is 0.909. The molecule has 5 heteroatoms. The predicted molar refractivity (Wildman–Crippen MR) is 62.0 cm³/mol. The summed E-state index contributed by atoms with van der Waals surface area (Å²) in [5.41, 5.74) is 0.194. The summed E-state index contributed by atoms with van der Waals surface area (Å²) in [6.07, 6.45) is 7.18. The van der Waals surface area contributed by atoms with E-state index in [9.17, 15) is 0 Å². The molecule has 0 aliphatic carbocycles. The maximum atomic E-state index is 4.28. The Morgan fingerprint density at radius 3 is 2.94 bits per heavy atom. The maximum absolute atomic E-state index is 4.28. The van der Waals surface area contributed by atoms with E-state index >= 15 is 0 Å². The van der Waals surface area contributed by atoms with Crippen molar-refractivity contribution in [3.63, 3.8) is 0 Å². The lowest BCUT2D eigenvalue weighted by Gasteiger charge is -2.31. The summed E-state index contributed by atoms with van der Waals surface area (Å²) in [5.74, 6) is 0.860. The van der Waals surface area contributed by atoms with Gasteiger partial charge < -0.3 is 5.32 Å². The molecule has 1 aromatic rings. The van der Waals surface area contributed by atoms with Crippen LogP contribution < -0.4 is 5.32 Å². The summed E-state index contributed by atoms with van der Waals surface area (Å²) in [4.78, 5) is 1.54. The number of aryl methyl sites for hydroxylation is 1. The molecule has 1 unspecified atom stereocenters. The zero-order valence-electron chi connectivity index (χ0n) is 10.2. The van der Waals surface area contributed by atoms with E-state index in [1.807, 2.05) is 7.05 Å². The quantitative estimate of drug-likeness (QED) is 0.832. The van der Waals surface area contributed by atoms with E-state index in [1.165, 1.54) is 30.5 Å². The van der Waals surface area contributed by atoms with Gasteiger partial charge in [-0.25, -0.2) is 0 Å². The second-order valence-electron chi connectivity index (χ2n) is 4.74. The van der Waals surface area contributed by atoms with E-state index in [1.54, 1.807) is 0 Å². The van der Waals surface area contributed by atoms with Crippen LogP contribution in [0.2, 0.25) is 0 Å². The average molecular weight is 223 g/mol. The van der Waals surface area contributed by atoms with E-state index in [0.29, 0.717) is 0 Å². The molecular formula is C11H21N5. The molecule has 1 N–H and O–H groups in total. The number of tetrazole rings is 1. The Bertz CT molecular complexity index is 325. The van der Waals surface area contributed by atoms with Gasteiger partial charge in [0.1, 0.15) is 0 Å². The number of nitrogens with zero attached hydrogens (tertiary/aromatic N) is 4. The van der Waals surface area contributed by atoms with Gasteiger partial charge in [-0.2, -0.15) is 4.80 Å². The molecule has 0 aromatic carbocycles. The number of rotatable bonds is 3. The molecule has 1 aliphatic rings. The lowest BCUT2D eigenvalue weighted by molar-refractivity contribution is 0.296. The average Bonchev–Trinajstić information content (AvgIpc) is 2.54. The largest absolute Gasteiger partial charge is 0.311 e. The number of hydrogen-bond acceptors (Lipinski definition) is 4. The lowest BCUT2D eigenvalue weighted by Crippen LogP contribution is -2.46. The van der Waals surface area contributed by atoms with E-state index in [2.05, 4.69) is 27.7 Å². The highest BCUT2D eigenvalue weighted by Gasteiger charge is 2.30. The molecule has 1 atom stereocenters. The Morgan fingerprint density at radius 2 is 2.25 bits per heavy atom. The molecule has 2 rings (SSSR count). The van der Waals surface area contributed by atoms with Gasteiger partial charge in [0.25, 0.3) is 0 Å². The minimum atomic E-state index is 0.194. The zero-order chi connectivity index (χ0) is 11.4. The van der Waals surface area contributed by atoms with Crippen LogP contribution in [0.3, 0.4) is 0 Å². The molecule has 1 saturated heterocycles. The van der Waals surface area contributed by atoms with Crippen LogP contribution in [0.5, 0.6) is 0 Å². The van der Waals surface area contributed by atoms with Crippen molar-refractivity contribution in [2.24, 2.45) is 7.05 Å². The van der Waals surface area contributed by atoms with Crippen LogP contribution in [0.15, 0.2) is 0 Å². The van der Waals surface area contributed by atoms with Gasteiger partial charge in [-0.05, 0) is 31.0 Å². The van der Waals surface area contributed by atoms with Crippen molar-refractivity contribution < 1.29 is 0 Å². The normalized spacial score (nSPS) is 26.6. The van der Waals surface area contributed by atoms with Crippen LogP contribution in [-0.4, -0.2) is 32.3 Å². The molecule has 5 nitrogen and oxygen atoms in total. The minimum absolute atomic E-state index is 0.194. The number of hydrogen-bond donors (Lipinski definition) is 1. The van der Waals surface area contributed by atoms with Gasteiger partial charge in [0.05, 0.1) is 7.05 Å². The van der Waals surface area contributed by atoms with Gasteiger partial charge in [-0.3, -0.25) is 0 Å². The van der Waals surface area contributed by atoms with E-state index in [4.69, 9.17) is 0 Å². The van der Waals surface area contributed by atoms with Crippen LogP contribution in [0.25, 0.3) is 0 Å². The van der Waals surface area contributed by atoms with Gasteiger partial charge >= 0.3 is 0 Å². The van der Waals surface area contributed by atoms with Crippen LogP contribution in [0.4, 0.5) is 0 Å². The monoisotopic (exact) mass is 223 g/mol. The molecule has 90 valence electrons. The Balaban J connectivity index is 2.08. The van der Waals surface area contributed by atoms with Crippen molar-refractivity contribution in [2.45, 2.75) is 51.0 Å². The minimum Gasteiger partial charge on any atom is -0.311 e. The van der Waals surface area contributed by atoms with E-state index in [-0.39, 0.29) is 5.54 Å². The van der Waals surface area contributed by atoms with Crippen LogP contribution in [0.1, 0.15) is 44.9 Å². The zero-order valence-corrected chi connectivity index (χ0v) is 10.2. The Hall–Kier alpha value is -0.970. The molecule has 0 bridgehead atoms.